The topological polar surface area (TPSA) is 24.5 Å². The first-order chi connectivity index (χ1) is 7.75. The van der Waals surface area contributed by atoms with Gasteiger partial charge in [0.1, 0.15) is 0 Å². The second kappa shape index (κ2) is 8.04. The van der Waals surface area contributed by atoms with Crippen LogP contribution in [-0.4, -0.2) is 50.8 Å². The van der Waals surface area contributed by atoms with Gasteiger partial charge in [0, 0.05) is 32.8 Å². The van der Waals surface area contributed by atoms with Crippen LogP contribution in [0.15, 0.2) is 0 Å². The molecule has 1 rings (SSSR count). The maximum absolute atomic E-state index is 5.02. The molecule has 3 heteroatoms. The van der Waals surface area contributed by atoms with Gasteiger partial charge < -0.3 is 10.1 Å². The van der Waals surface area contributed by atoms with E-state index in [0.717, 1.165) is 38.1 Å². The Kier molecular flexibility index (Phi) is 7.01. The van der Waals surface area contributed by atoms with Gasteiger partial charge in [-0.2, -0.15) is 0 Å². The van der Waals surface area contributed by atoms with Gasteiger partial charge in [0.2, 0.25) is 0 Å². The Balaban J connectivity index is 2.03. The predicted octanol–water partition coefficient (Wildman–Crippen LogP) is 1.73. The summed E-state index contributed by atoms with van der Waals surface area (Å²) in [7, 11) is 1.76. The highest BCUT2D eigenvalue weighted by atomic mass is 16.5. The number of rotatable bonds is 8. The van der Waals surface area contributed by atoms with Crippen LogP contribution < -0.4 is 5.32 Å². The predicted molar refractivity (Wildman–Crippen MR) is 68.8 cm³/mol. The SMILES string of the molecule is COCCCNCCN1CCCC1C(C)C. The van der Waals surface area contributed by atoms with Crippen molar-refractivity contribution in [3.8, 4) is 0 Å². The second-order valence-electron chi connectivity index (χ2n) is 5.09. The van der Waals surface area contributed by atoms with Gasteiger partial charge >= 0.3 is 0 Å². The van der Waals surface area contributed by atoms with Crippen molar-refractivity contribution in [2.75, 3.05) is 39.9 Å². The van der Waals surface area contributed by atoms with E-state index in [1.165, 1.54) is 25.9 Å². The molecule has 1 N–H and O–H groups in total. The Hall–Kier alpha value is -0.120. The maximum Gasteiger partial charge on any atom is 0.0474 e. The van der Waals surface area contributed by atoms with Gasteiger partial charge in [0.05, 0.1) is 0 Å². The average Bonchev–Trinajstić information content (AvgIpc) is 2.71. The lowest BCUT2D eigenvalue weighted by molar-refractivity contribution is 0.190. The highest BCUT2D eigenvalue weighted by Gasteiger charge is 2.25. The van der Waals surface area contributed by atoms with Crippen LogP contribution in [0, 0.1) is 5.92 Å². The zero-order chi connectivity index (χ0) is 11.8. The summed E-state index contributed by atoms with van der Waals surface area (Å²) in [6.07, 6.45) is 3.89. The fourth-order valence-electron chi connectivity index (χ4n) is 2.57. The van der Waals surface area contributed by atoms with Crippen molar-refractivity contribution in [1.82, 2.24) is 10.2 Å². The molecule has 1 unspecified atom stereocenters. The molecule has 1 fully saturated rings. The van der Waals surface area contributed by atoms with Gasteiger partial charge in [-0.05, 0) is 38.3 Å². The van der Waals surface area contributed by atoms with E-state index >= 15 is 0 Å². The minimum atomic E-state index is 0.802. The first-order valence-electron chi connectivity index (χ1n) is 6.69. The largest absolute Gasteiger partial charge is 0.385 e. The number of nitrogens with zero attached hydrogens (tertiary/aromatic N) is 1. The lowest BCUT2D eigenvalue weighted by atomic mass is 10.0. The van der Waals surface area contributed by atoms with Gasteiger partial charge in [0.15, 0.2) is 0 Å². The van der Waals surface area contributed by atoms with E-state index in [4.69, 9.17) is 4.74 Å². The standard InChI is InChI=1S/C13H28N2O/c1-12(2)13-6-4-9-15(13)10-8-14-7-5-11-16-3/h12-14H,4-11H2,1-3H3. The molecule has 0 spiro atoms. The molecule has 0 aromatic carbocycles. The first kappa shape index (κ1) is 13.9. The number of methoxy groups -OCH3 is 1. The van der Waals surface area contributed by atoms with Crippen molar-refractivity contribution >= 4 is 0 Å². The fourth-order valence-corrected chi connectivity index (χ4v) is 2.57. The quantitative estimate of drug-likeness (QED) is 0.640. The Morgan fingerprint density at radius 3 is 2.88 bits per heavy atom. The zero-order valence-corrected chi connectivity index (χ0v) is 11.2. The average molecular weight is 228 g/mol. The molecule has 0 aromatic rings. The monoisotopic (exact) mass is 228 g/mol. The van der Waals surface area contributed by atoms with Crippen LogP contribution in [-0.2, 0) is 4.74 Å². The number of likely N-dealkylation sites (tertiary alicyclic amines) is 1. The number of hydrogen-bond donors (Lipinski definition) is 1. The molecule has 0 saturated carbocycles. The third-order valence-electron chi connectivity index (χ3n) is 3.46. The summed E-state index contributed by atoms with van der Waals surface area (Å²) in [5.41, 5.74) is 0. The molecule has 96 valence electrons. The lowest BCUT2D eigenvalue weighted by Crippen LogP contribution is -2.38. The van der Waals surface area contributed by atoms with Crippen molar-refractivity contribution < 1.29 is 4.74 Å². The maximum atomic E-state index is 5.02. The molecular formula is C13H28N2O. The molecule has 0 aromatic heterocycles. The summed E-state index contributed by atoms with van der Waals surface area (Å²) in [6.45, 7) is 10.2. The van der Waals surface area contributed by atoms with E-state index in [0.29, 0.717) is 0 Å². The van der Waals surface area contributed by atoms with Crippen LogP contribution in [0.2, 0.25) is 0 Å². The molecule has 1 aliphatic rings. The Morgan fingerprint density at radius 1 is 1.38 bits per heavy atom. The Bertz CT molecular complexity index is 173. The highest BCUT2D eigenvalue weighted by Crippen LogP contribution is 2.22. The minimum absolute atomic E-state index is 0.802. The summed E-state index contributed by atoms with van der Waals surface area (Å²) in [6, 6.07) is 0.820. The first-order valence-corrected chi connectivity index (χ1v) is 6.69. The second-order valence-corrected chi connectivity index (χ2v) is 5.09. The van der Waals surface area contributed by atoms with E-state index in [1.807, 2.05) is 0 Å². The van der Waals surface area contributed by atoms with E-state index < -0.39 is 0 Å². The van der Waals surface area contributed by atoms with E-state index in [2.05, 4.69) is 24.1 Å². The van der Waals surface area contributed by atoms with Crippen molar-refractivity contribution in [2.24, 2.45) is 5.92 Å². The summed E-state index contributed by atoms with van der Waals surface area (Å²) in [5.74, 6) is 0.802. The molecule has 1 heterocycles. The Labute approximate surface area is 101 Å². The van der Waals surface area contributed by atoms with Gasteiger partial charge in [-0.25, -0.2) is 0 Å². The molecule has 1 saturated heterocycles. The number of hydrogen-bond acceptors (Lipinski definition) is 3. The molecule has 0 aliphatic carbocycles. The van der Waals surface area contributed by atoms with Gasteiger partial charge in [-0.3, -0.25) is 4.90 Å². The van der Waals surface area contributed by atoms with Gasteiger partial charge in [-0.15, -0.1) is 0 Å². The van der Waals surface area contributed by atoms with Crippen LogP contribution >= 0.6 is 0 Å². The van der Waals surface area contributed by atoms with Crippen LogP contribution in [0.1, 0.15) is 33.1 Å². The van der Waals surface area contributed by atoms with Crippen LogP contribution in [0.4, 0.5) is 0 Å². The molecule has 0 amide bonds. The summed E-state index contributed by atoms with van der Waals surface area (Å²) in [5, 5.41) is 3.48. The van der Waals surface area contributed by atoms with Gasteiger partial charge in [-0.1, -0.05) is 13.8 Å². The molecule has 0 bridgehead atoms. The fraction of sp³-hybridized carbons (Fsp3) is 1.00. The van der Waals surface area contributed by atoms with Crippen LogP contribution in [0.5, 0.6) is 0 Å². The third kappa shape index (κ3) is 4.81. The molecule has 16 heavy (non-hydrogen) atoms. The zero-order valence-electron chi connectivity index (χ0n) is 11.2. The summed E-state index contributed by atoms with van der Waals surface area (Å²) >= 11 is 0. The molecule has 0 radical (unpaired) electrons. The molecule has 1 atom stereocenters. The van der Waals surface area contributed by atoms with Crippen LogP contribution in [0.25, 0.3) is 0 Å². The highest BCUT2D eigenvalue weighted by molar-refractivity contribution is 4.81. The van der Waals surface area contributed by atoms with E-state index in [-0.39, 0.29) is 0 Å². The van der Waals surface area contributed by atoms with Crippen LogP contribution in [0.3, 0.4) is 0 Å². The van der Waals surface area contributed by atoms with Crippen molar-refractivity contribution in [3.05, 3.63) is 0 Å². The molecule has 3 nitrogen and oxygen atoms in total. The van der Waals surface area contributed by atoms with Crippen molar-refractivity contribution in [3.63, 3.8) is 0 Å². The minimum Gasteiger partial charge on any atom is -0.385 e. The van der Waals surface area contributed by atoms with E-state index in [9.17, 15) is 0 Å². The molecule has 1 aliphatic heterocycles. The molecular weight excluding hydrogens is 200 g/mol. The summed E-state index contributed by atoms with van der Waals surface area (Å²) < 4.78 is 5.02. The summed E-state index contributed by atoms with van der Waals surface area (Å²) in [4.78, 5) is 2.65. The number of ether oxygens (including phenoxy) is 1. The van der Waals surface area contributed by atoms with Crippen molar-refractivity contribution in [2.45, 2.75) is 39.2 Å². The normalized spacial score (nSPS) is 22.1. The number of nitrogens with one attached hydrogen (secondary N) is 1. The van der Waals surface area contributed by atoms with E-state index in [1.54, 1.807) is 7.11 Å². The smallest absolute Gasteiger partial charge is 0.0474 e. The lowest BCUT2D eigenvalue weighted by Gasteiger charge is -2.27. The third-order valence-corrected chi connectivity index (χ3v) is 3.46. The van der Waals surface area contributed by atoms with Gasteiger partial charge in [0.25, 0.3) is 0 Å². The van der Waals surface area contributed by atoms with Crippen molar-refractivity contribution in [1.29, 1.82) is 0 Å². The Morgan fingerprint density at radius 2 is 2.19 bits per heavy atom.